The Hall–Kier alpha value is -2.43. The Labute approximate surface area is 131 Å². The monoisotopic (exact) mass is 298 g/mol. The SMILES string of the molecule is CCCCNc1cnc(C(=O)NCc2cccc(C)c2)cn1. The van der Waals surface area contributed by atoms with Crippen molar-refractivity contribution in [2.75, 3.05) is 11.9 Å². The van der Waals surface area contributed by atoms with Crippen LogP contribution in [0.1, 0.15) is 41.4 Å². The normalized spacial score (nSPS) is 10.3. The number of rotatable bonds is 7. The molecule has 2 rings (SSSR count). The summed E-state index contributed by atoms with van der Waals surface area (Å²) in [6.45, 7) is 5.51. The predicted molar refractivity (Wildman–Crippen MR) is 87.8 cm³/mol. The van der Waals surface area contributed by atoms with Gasteiger partial charge in [0.1, 0.15) is 11.5 Å². The van der Waals surface area contributed by atoms with Crippen LogP contribution in [0.5, 0.6) is 0 Å². The minimum absolute atomic E-state index is 0.214. The van der Waals surface area contributed by atoms with Gasteiger partial charge in [-0.2, -0.15) is 0 Å². The van der Waals surface area contributed by atoms with Crippen molar-refractivity contribution in [1.82, 2.24) is 15.3 Å². The Kier molecular flexibility index (Phi) is 5.89. The van der Waals surface area contributed by atoms with Crippen molar-refractivity contribution in [2.24, 2.45) is 0 Å². The van der Waals surface area contributed by atoms with Crippen LogP contribution in [0.25, 0.3) is 0 Å². The summed E-state index contributed by atoms with van der Waals surface area (Å²) in [5, 5.41) is 6.02. The van der Waals surface area contributed by atoms with Gasteiger partial charge in [-0.25, -0.2) is 9.97 Å². The molecule has 2 aromatic rings. The van der Waals surface area contributed by atoms with Crippen LogP contribution in [0.2, 0.25) is 0 Å². The topological polar surface area (TPSA) is 66.9 Å². The van der Waals surface area contributed by atoms with E-state index in [9.17, 15) is 4.79 Å². The molecule has 1 aromatic carbocycles. The molecule has 0 saturated heterocycles. The van der Waals surface area contributed by atoms with E-state index in [0.29, 0.717) is 18.1 Å². The number of carbonyl (C=O) groups is 1. The third kappa shape index (κ3) is 4.84. The van der Waals surface area contributed by atoms with Crippen molar-refractivity contribution in [3.05, 3.63) is 53.5 Å². The Morgan fingerprint density at radius 2 is 2.09 bits per heavy atom. The molecule has 0 atom stereocenters. The van der Waals surface area contributed by atoms with E-state index >= 15 is 0 Å². The number of nitrogens with one attached hydrogen (secondary N) is 2. The minimum atomic E-state index is -0.214. The highest BCUT2D eigenvalue weighted by Crippen LogP contribution is 2.05. The predicted octanol–water partition coefficient (Wildman–Crippen LogP) is 2.93. The van der Waals surface area contributed by atoms with Crippen LogP contribution in [-0.4, -0.2) is 22.4 Å². The van der Waals surface area contributed by atoms with Gasteiger partial charge in [0.25, 0.3) is 5.91 Å². The van der Waals surface area contributed by atoms with Gasteiger partial charge in [0.05, 0.1) is 12.4 Å². The van der Waals surface area contributed by atoms with E-state index in [1.165, 1.54) is 11.8 Å². The molecule has 116 valence electrons. The molecular weight excluding hydrogens is 276 g/mol. The maximum atomic E-state index is 12.0. The van der Waals surface area contributed by atoms with Crippen molar-refractivity contribution in [3.63, 3.8) is 0 Å². The van der Waals surface area contributed by atoms with E-state index in [0.717, 1.165) is 24.9 Å². The van der Waals surface area contributed by atoms with Crippen LogP contribution < -0.4 is 10.6 Å². The Bertz CT molecular complexity index is 610. The van der Waals surface area contributed by atoms with Gasteiger partial charge in [-0.15, -0.1) is 0 Å². The highest BCUT2D eigenvalue weighted by atomic mass is 16.1. The second kappa shape index (κ2) is 8.12. The molecule has 1 amide bonds. The van der Waals surface area contributed by atoms with Gasteiger partial charge in [-0.1, -0.05) is 43.2 Å². The smallest absolute Gasteiger partial charge is 0.271 e. The number of aryl methyl sites for hydroxylation is 1. The molecule has 1 heterocycles. The standard InChI is InChI=1S/C17H22N4O/c1-3-4-8-18-16-12-19-15(11-20-16)17(22)21-10-14-7-5-6-13(2)9-14/h5-7,9,11-12H,3-4,8,10H2,1-2H3,(H,18,20)(H,21,22). The minimum Gasteiger partial charge on any atom is -0.369 e. The van der Waals surface area contributed by atoms with Crippen LogP contribution in [0.15, 0.2) is 36.7 Å². The summed E-state index contributed by atoms with van der Waals surface area (Å²) in [6.07, 6.45) is 5.30. The summed E-state index contributed by atoms with van der Waals surface area (Å²) in [5.74, 6) is 0.484. The lowest BCUT2D eigenvalue weighted by Gasteiger charge is -2.07. The molecule has 2 N–H and O–H groups in total. The summed E-state index contributed by atoms with van der Waals surface area (Å²) >= 11 is 0. The Morgan fingerprint density at radius 3 is 2.77 bits per heavy atom. The molecule has 0 bridgehead atoms. The van der Waals surface area contributed by atoms with Gasteiger partial charge in [-0.3, -0.25) is 4.79 Å². The first-order valence-corrected chi connectivity index (χ1v) is 7.58. The number of hydrogen-bond donors (Lipinski definition) is 2. The van der Waals surface area contributed by atoms with E-state index in [4.69, 9.17) is 0 Å². The van der Waals surface area contributed by atoms with Gasteiger partial charge < -0.3 is 10.6 Å². The molecule has 0 fully saturated rings. The number of aromatic nitrogens is 2. The fourth-order valence-electron chi connectivity index (χ4n) is 2.02. The zero-order valence-electron chi connectivity index (χ0n) is 13.1. The number of amides is 1. The second-order valence-electron chi connectivity index (χ2n) is 5.24. The van der Waals surface area contributed by atoms with E-state index in [2.05, 4.69) is 27.5 Å². The van der Waals surface area contributed by atoms with Gasteiger partial charge in [-0.05, 0) is 18.9 Å². The molecule has 0 aliphatic rings. The van der Waals surface area contributed by atoms with Crippen molar-refractivity contribution in [1.29, 1.82) is 0 Å². The highest BCUT2D eigenvalue weighted by Gasteiger charge is 2.07. The molecule has 0 radical (unpaired) electrons. The largest absolute Gasteiger partial charge is 0.369 e. The van der Waals surface area contributed by atoms with Crippen molar-refractivity contribution in [2.45, 2.75) is 33.2 Å². The van der Waals surface area contributed by atoms with Crippen molar-refractivity contribution >= 4 is 11.7 Å². The number of anilines is 1. The zero-order chi connectivity index (χ0) is 15.8. The van der Waals surface area contributed by atoms with Crippen molar-refractivity contribution < 1.29 is 4.79 Å². The maximum Gasteiger partial charge on any atom is 0.271 e. The molecule has 0 unspecified atom stereocenters. The lowest BCUT2D eigenvalue weighted by molar-refractivity contribution is 0.0945. The van der Waals surface area contributed by atoms with Gasteiger partial charge >= 0.3 is 0 Å². The second-order valence-corrected chi connectivity index (χ2v) is 5.24. The summed E-state index contributed by atoms with van der Waals surface area (Å²) < 4.78 is 0. The van der Waals surface area contributed by atoms with Gasteiger partial charge in [0.2, 0.25) is 0 Å². The van der Waals surface area contributed by atoms with Crippen LogP contribution >= 0.6 is 0 Å². The molecule has 1 aromatic heterocycles. The molecule has 5 nitrogen and oxygen atoms in total. The van der Waals surface area contributed by atoms with E-state index in [1.807, 2.05) is 31.2 Å². The maximum absolute atomic E-state index is 12.0. The average molecular weight is 298 g/mol. The molecule has 0 aliphatic heterocycles. The first-order valence-electron chi connectivity index (χ1n) is 7.58. The first kappa shape index (κ1) is 15.9. The average Bonchev–Trinajstić information content (AvgIpc) is 2.54. The zero-order valence-corrected chi connectivity index (χ0v) is 13.1. The quantitative estimate of drug-likeness (QED) is 0.771. The molecule has 0 saturated carbocycles. The number of unbranched alkanes of at least 4 members (excludes halogenated alkanes) is 1. The van der Waals surface area contributed by atoms with Crippen molar-refractivity contribution in [3.8, 4) is 0 Å². The summed E-state index contributed by atoms with van der Waals surface area (Å²) in [6, 6.07) is 8.04. The van der Waals surface area contributed by atoms with Crippen LogP contribution in [0.4, 0.5) is 5.82 Å². The van der Waals surface area contributed by atoms with E-state index < -0.39 is 0 Å². The first-order chi connectivity index (χ1) is 10.7. The number of nitrogens with zero attached hydrogens (tertiary/aromatic N) is 2. The summed E-state index contributed by atoms with van der Waals surface area (Å²) in [5.41, 5.74) is 2.57. The van der Waals surface area contributed by atoms with E-state index in [-0.39, 0.29) is 5.91 Å². The molecule has 5 heteroatoms. The lowest BCUT2D eigenvalue weighted by Crippen LogP contribution is -2.24. The van der Waals surface area contributed by atoms with Crippen LogP contribution in [0.3, 0.4) is 0 Å². The van der Waals surface area contributed by atoms with Gasteiger partial charge in [0.15, 0.2) is 0 Å². The third-order valence-electron chi connectivity index (χ3n) is 3.26. The van der Waals surface area contributed by atoms with Crippen LogP contribution in [-0.2, 0) is 6.54 Å². The lowest BCUT2D eigenvalue weighted by atomic mass is 10.1. The molecule has 0 spiro atoms. The molecular formula is C17H22N4O. The molecule has 0 aliphatic carbocycles. The number of carbonyl (C=O) groups excluding carboxylic acids is 1. The number of hydrogen-bond acceptors (Lipinski definition) is 4. The highest BCUT2D eigenvalue weighted by molar-refractivity contribution is 5.91. The fraction of sp³-hybridized carbons (Fsp3) is 0.353. The fourth-order valence-corrected chi connectivity index (χ4v) is 2.02. The van der Waals surface area contributed by atoms with Gasteiger partial charge in [0, 0.05) is 13.1 Å². The number of benzene rings is 1. The van der Waals surface area contributed by atoms with Crippen LogP contribution in [0, 0.1) is 6.92 Å². The third-order valence-corrected chi connectivity index (χ3v) is 3.26. The summed E-state index contributed by atoms with van der Waals surface area (Å²) in [7, 11) is 0. The summed E-state index contributed by atoms with van der Waals surface area (Å²) in [4.78, 5) is 20.4. The Balaban J connectivity index is 1.87. The Morgan fingerprint density at radius 1 is 1.23 bits per heavy atom. The van der Waals surface area contributed by atoms with E-state index in [1.54, 1.807) is 6.20 Å². The molecule has 22 heavy (non-hydrogen) atoms.